The van der Waals surface area contributed by atoms with Crippen molar-refractivity contribution in [3.63, 3.8) is 0 Å². The maximum Gasteiger partial charge on any atom is 0.331 e. The molecule has 0 radical (unpaired) electrons. The molecule has 98 valence electrons. The Balaban J connectivity index is 2.57. The van der Waals surface area contributed by atoms with Crippen molar-refractivity contribution >= 4 is 5.97 Å². The van der Waals surface area contributed by atoms with Gasteiger partial charge in [-0.15, -0.1) is 0 Å². The molecule has 0 saturated heterocycles. The molecule has 1 aliphatic heterocycles. The van der Waals surface area contributed by atoms with Gasteiger partial charge >= 0.3 is 5.97 Å². The van der Waals surface area contributed by atoms with Crippen LogP contribution in [0.25, 0.3) is 0 Å². The Morgan fingerprint density at radius 1 is 1.18 bits per heavy atom. The average molecular weight is 238 g/mol. The lowest BCUT2D eigenvalue weighted by atomic mass is 9.75. The van der Waals surface area contributed by atoms with Gasteiger partial charge in [0.05, 0.1) is 0 Å². The summed E-state index contributed by atoms with van der Waals surface area (Å²) in [6, 6.07) is 0. The molecule has 1 aliphatic rings. The van der Waals surface area contributed by atoms with Gasteiger partial charge in [-0.25, -0.2) is 4.79 Å². The second-order valence-corrected chi connectivity index (χ2v) is 5.43. The molecule has 1 rings (SSSR count). The largest absolute Gasteiger partial charge is 0.454 e. The normalized spacial score (nSPS) is 22.5. The van der Waals surface area contributed by atoms with Crippen molar-refractivity contribution in [2.24, 2.45) is 5.41 Å². The molecular weight excluding hydrogens is 212 g/mol. The highest BCUT2D eigenvalue weighted by atomic mass is 16.5. The van der Waals surface area contributed by atoms with Crippen LogP contribution < -0.4 is 0 Å². The Bertz CT molecular complexity index is 270. The van der Waals surface area contributed by atoms with Crippen molar-refractivity contribution < 1.29 is 9.53 Å². The first-order chi connectivity index (χ1) is 8.12. The van der Waals surface area contributed by atoms with Crippen molar-refractivity contribution in [1.82, 2.24) is 0 Å². The van der Waals surface area contributed by atoms with E-state index in [2.05, 4.69) is 20.8 Å². The second-order valence-electron chi connectivity index (χ2n) is 5.43. The Labute approximate surface area is 105 Å². The van der Waals surface area contributed by atoms with Crippen LogP contribution in [0.3, 0.4) is 0 Å². The minimum Gasteiger partial charge on any atom is -0.454 e. The topological polar surface area (TPSA) is 26.3 Å². The lowest BCUT2D eigenvalue weighted by Crippen LogP contribution is -2.32. The summed E-state index contributed by atoms with van der Waals surface area (Å²) in [6.45, 7) is 6.70. The van der Waals surface area contributed by atoms with E-state index in [9.17, 15) is 4.79 Å². The fourth-order valence-corrected chi connectivity index (χ4v) is 2.51. The summed E-state index contributed by atoms with van der Waals surface area (Å²) >= 11 is 0. The predicted octanol–water partition coefficient (Wildman–Crippen LogP) is 4.24. The van der Waals surface area contributed by atoms with Gasteiger partial charge < -0.3 is 4.74 Å². The van der Waals surface area contributed by atoms with Crippen LogP contribution in [-0.2, 0) is 9.53 Å². The zero-order valence-electron chi connectivity index (χ0n) is 11.5. The molecule has 0 spiro atoms. The molecule has 0 saturated carbocycles. The van der Waals surface area contributed by atoms with Gasteiger partial charge in [-0.05, 0) is 18.9 Å². The van der Waals surface area contributed by atoms with Crippen molar-refractivity contribution in [2.45, 2.75) is 71.8 Å². The summed E-state index contributed by atoms with van der Waals surface area (Å²) in [7, 11) is 0. The molecule has 0 fully saturated rings. The summed E-state index contributed by atoms with van der Waals surface area (Å²) < 4.78 is 5.40. The van der Waals surface area contributed by atoms with E-state index < -0.39 is 0 Å². The van der Waals surface area contributed by atoms with E-state index in [4.69, 9.17) is 4.74 Å². The van der Waals surface area contributed by atoms with Gasteiger partial charge in [-0.3, -0.25) is 0 Å². The monoisotopic (exact) mass is 238 g/mol. The van der Waals surface area contributed by atoms with E-state index in [1.54, 1.807) is 6.08 Å². The molecule has 0 amide bonds. The number of rotatable bonds is 8. The highest BCUT2D eigenvalue weighted by molar-refractivity contribution is 5.84. The SMILES string of the molecule is CCCCCC(C)(CCCC)C1C=CC(=O)O1. The molecular formula is C15H26O2. The lowest BCUT2D eigenvalue weighted by molar-refractivity contribution is -0.143. The zero-order chi connectivity index (χ0) is 12.7. The third kappa shape index (κ3) is 4.18. The van der Waals surface area contributed by atoms with Crippen LogP contribution in [0, 0.1) is 5.41 Å². The number of carbonyl (C=O) groups excluding carboxylic acids is 1. The van der Waals surface area contributed by atoms with Crippen LogP contribution >= 0.6 is 0 Å². The van der Waals surface area contributed by atoms with E-state index >= 15 is 0 Å². The summed E-state index contributed by atoms with van der Waals surface area (Å²) in [5.41, 5.74) is 0.133. The summed E-state index contributed by atoms with van der Waals surface area (Å²) in [6.07, 6.45) is 12.0. The van der Waals surface area contributed by atoms with Crippen LogP contribution in [0.4, 0.5) is 0 Å². The van der Waals surface area contributed by atoms with E-state index in [0.29, 0.717) is 0 Å². The van der Waals surface area contributed by atoms with Crippen molar-refractivity contribution in [3.05, 3.63) is 12.2 Å². The van der Waals surface area contributed by atoms with Crippen LogP contribution in [-0.4, -0.2) is 12.1 Å². The van der Waals surface area contributed by atoms with Crippen LogP contribution in [0.2, 0.25) is 0 Å². The minimum absolute atomic E-state index is 0.00148. The van der Waals surface area contributed by atoms with E-state index in [1.807, 2.05) is 6.08 Å². The molecule has 0 aromatic carbocycles. The fourth-order valence-electron chi connectivity index (χ4n) is 2.51. The Hall–Kier alpha value is -0.790. The smallest absolute Gasteiger partial charge is 0.331 e. The van der Waals surface area contributed by atoms with Crippen LogP contribution in [0.1, 0.15) is 65.7 Å². The number of esters is 1. The maximum absolute atomic E-state index is 11.2. The molecule has 2 atom stereocenters. The van der Waals surface area contributed by atoms with E-state index in [0.717, 1.165) is 12.8 Å². The fraction of sp³-hybridized carbons (Fsp3) is 0.800. The number of cyclic esters (lactones) is 1. The standard InChI is InChI=1S/C15H26O2/c1-4-6-8-12-15(3,11-7-5-2)13-9-10-14(16)17-13/h9-10,13H,4-8,11-12H2,1-3H3. The molecule has 2 nitrogen and oxygen atoms in total. The third-order valence-electron chi connectivity index (χ3n) is 3.79. The molecule has 2 heteroatoms. The molecule has 0 bridgehead atoms. The number of hydrogen-bond donors (Lipinski definition) is 0. The van der Waals surface area contributed by atoms with Gasteiger partial charge in [0.2, 0.25) is 0 Å². The molecule has 0 aromatic heterocycles. The first kappa shape index (κ1) is 14.3. The van der Waals surface area contributed by atoms with Crippen molar-refractivity contribution in [1.29, 1.82) is 0 Å². The van der Waals surface area contributed by atoms with E-state index in [-0.39, 0.29) is 17.5 Å². The molecule has 0 aromatic rings. The highest BCUT2D eigenvalue weighted by Crippen LogP contribution is 2.38. The van der Waals surface area contributed by atoms with E-state index in [1.165, 1.54) is 32.1 Å². The van der Waals surface area contributed by atoms with Crippen LogP contribution in [0.5, 0.6) is 0 Å². The van der Waals surface area contributed by atoms with Crippen molar-refractivity contribution in [3.8, 4) is 0 Å². The summed E-state index contributed by atoms with van der Waals surface area (Å²) in [5.74, 6) is -0.173. The molecule has 0 aliphatic carbocycles. The Morgan fingerprint density at radius 2 is 1.82 bits per heavy atom. The summed E-state index contributed by atoms with van der Waals surface area (Å²) in [5, 5.41) is 0. The minimum atomic E-state index is -0.173. The quantitative estimate of drug-likeness (QED) is 0.467. The Morgan fingerprint density at radius 3 is 2.35 bits per heavy atom. The van der Waals surface area contributed by atoms with Gasteiger partial charge in [-0.1, -0.05) is 52.9 Å². The number of carbonyl (C=O) groups is 1. The molecule has 0 N–H and O–H groups in total. The predicted molar refractivity (Wildman–Crippen MR) is 70.8 cm³/mol. The number of unbranched alkanes of at least 4 members (excludes halogenated alkanes) is 3. The number of hydrogen-bond acceptors (Lipinski definition) is 2. The Kier molecular flexibility index (Phi) is 5.73. The first-order valence-electron chi connectivity index (χ1n) is 7.01. The lowest BCUT2D eigenvalue weighted by Gasteiger charge is -2.34. The zero-order valence-corrected chi connectivity index (χ0v) is 11.5. The van der Waals surface area contributed by atoms with Crippen LogP contribution in [0.15, 0.2) is 12.2 Å². The summed E-state index contributed by atoms with van der Waals surface area (Å²) in [4.78, 5) is 11.2. The maximum atomic E-state index is 11.2. The second kappa shape index (κ2) is 6.83. The average Bonchev–Trinajstić information content (AvgIpc) is 2.74. The van der Waals surface area contributed by atoms with Gasteiger partial charge in [0.25, 0.3) is 0 Å². The molecule has 1 heterocycles. The van der Waals surface area contributed by atoms with Gasteiger partial charge in [0, 0.05) is 11.5 Å². The van der Waals surface area contributed by atoms with Crippen molar-refractivity contribution in [2.75, 3.05) is 0 Å². The van der Waals surface area contributed by atoms with Gasteiger partial charge in [0.15, 0.2) is 0 Å². The highest BCUT2D eigenvalue weighted by Gasteiger charge is 2.36. The first-order valence-corrected chi connectivity index (χ1v) is 7.01. The third-order valence-corrected chi connectivity index (χ3v) is 3.79. The van der Waals surface area contributed by atoms with Gasteiger partial charge in [-0.2, -0.15) is 0 Å². The molecule has 2 unspecified atom stereocenters. The molecule has 17 heavy (non-hydrogen) atoms. The van der Waals surface area contributed by atoms with Gasteiger partial charge in [0.1, 0.15) is 6.10 Å². The number of ether oxygens (including phenoxy) is 1.